The first-order chi connectivity index (χ1) is 11.0. The maximum Gasteiger partial charge on any atom is 0.337 e. The molecule has 1 amide bonds. The summed E-state index contributed by atoms with van der Waals surface area (Å²) >= 11 is 3.32. The van der Waals surface area contributed by atoms with E-state index in [1.54, 1.807) is 25.3 Å². The second kappa shape index (κ2) is 5.76. The predicted molar refractivity (Wildman–Crippen MR) is 84.6 cm³/mol. The van der Waals surface area contributed by atoms with E-state index < -0.39 is 11.9 Å². The zero-order chi connectivity index (χ0) is 16.6. The summed E-state index contributed by atoms with van der Waals surface area (Å²) in [5, 5.41) is 19.4. The van der Waals surface area contributed by atoms with Crippen molar-refractivity contribution in [3.8, 4) is 0 Å². The molecule has 116 valence electrons. The van der Waals surface area contributed by atoms with Gasteiger partial charge in [-0.2, -0.15) is 0 Å². The number of pyridine rings is 2. The molecular weight excluding hydrogens is 366 g/mol. The van der Waals surface area contributed by atoms with Crippen LogP contribution in [-0.2, 0) is 0 Å². The summed E-state index contributed by atoms with van der Waals surface area (Å²) in [6, 6.07) is 4.83. The van der Waals surface area contributed by atoms with Gasteiger partial charge in [0.2, 0.25) is 5.82 Å². The van der Waals surface area contributed by atoms with Crippen LogP contribution in [0.2, 0.25) is 0 Å². The van der Waals surface area contributed by atoms with Gasteiger partial charge in [0.05, 0.1) is 16.9 Å². The Morgan fingerprint density at radius 3 is 2.83 bits per heavy atom. The van der Waals surface area contributed by atoms with E-state index >= 15 is 0 Å². The summed E-state index contributed by atoms with van der Waals surface area (Å²) in [4.78, 5) is 27.4. The Morgan fingerprint density at radius 2 is 2.09 bits per heavy atom. The molecular formula is C14H10BrN5O3. The van der Waals surface area contributed by atoms with Crippen LogP contribution in [0.5, 0.6) is 0 Å². The molecule has 2 N–H and O–H groups in total. The first-order valence-corrected chi connectivity index (χ1v) is 7.26. The summed E-state index contributed by atoms with van der Waals surface area (Å²) in [6.07, 6.45) is 2.89. The van der Waals surface area contributed by atoms with E-state index in [1.165, 1.54) is 16.7 Å². The van der Waals surface area contributed by atoms with Crippen molar-refractivity contribution >= 4 is 39.1 Å². The average Bonchev–Trinajstić information content (AvgIpc) is 2.92. The molecule has 0 unspecified atom stereocenters. The lowest BCUT2D eigenvalue weighted by Crippen LogP contribution is -2.17. The van der Waals surface area contributed by atoms with Crippen LogP contribution in [-0.4, -0.2) is 36.6 Å². The molecule has 0 spiro atoms. The molecule has 0 saturated carbocycles. The third-order valence-electron chi connectivity index (χ3n) is 3.16. The minimum Gasteiger partial charge on any atom is -0.478 e. The lowest BCUT2D eigenvalue weighted by molar-refractivity contribution is 0.0696. The van der Waals surface area contributed by atoms with E-state index in [0.29, 0.717) is 17.0 Å². The van der Waals surface area contributed by atoms with E-state index in [2.05, 4.69) is 36.4 Å². The molecule has 0 bridgehead atoms. The fourth-order valence-corrected chi connectivity index (χ4v) is 2.30. The van der Waals surface area contributed by atoms with Gasteiger partial charge in [0.1, 0.15) is 0 Å². The third kappa shape index (κ3) is 2.90. The second-order valence-electron chi connectivity index (χ2n) is 4.71. The number of anilines is 1. The van der Waals surface area contributed by atoms with Crippen LogP contribution >= 0.6 is 15.9 Å². The number of rotatable bonds is 3. The Labute approximate surface area is 138 Å². The molecule has 3 heterocycles. The molecule has 0 fully saturated rings. The minimum absolute atomic E-state index is 0.0130. The minimum atomic E-state index is -1.12. The molecule has 3 rings (SSSR count). The summed E-state index contributed by atoms with van der Waals surface area (Å²) in [5.74, 6) is -1.54. The lowest BCUT2D eigenvalue weighted by atomic mass is 10.2. The zero-order valence-corrected chi connectivity index (χ0v) is 13.4. The van der Waals surface area contributed by atoms with Gasteiger partial charge in [-0.3, -0.25) is 14.2 Å². The van der Waals surface area contributed by atoms with Gasteiger partial charge < -0.3 is 10.4 Å². The number of carbonyl (C=O) groups excluding carboxylic acids is 1. The molecule has 0 saturated heterocycles. The Balaban J connectivity index is 1.95. The fourth-order valence-electron chi connectivity index (χ4n) is 1.98. The highest BCUT2D eigenvalue weighted by Crippen LogP contribution is 2.17. The third-order valence-corrected chi connectivity index (χ3v) is 3.65. The van der Waals surface area contributed by atoms with Crippen molar-refractivity contribution in [3.05, 3.63) is 52.1 Å². The first kappa shape index (κ1) is 15.1. The number of nitrogens with zero attached hydrogens (tertiary/aromatic N) is 4. The number of carboxylic acid groups (broad SMARTS) is 1. The normalized spacial score (nSPS) is 10.7. The van der Waals surface area contributed by atoms with Crippen LogP contribution < -0.4 is 5.32 Å². The highest BCUT2D eigenvalue weighted by Gasteiger charge is 2.17. The number of hydrogen-bond donors (Lipinski definition) is 2. The van der Waals surface area contributed by atoms with Gasteiger partial charge >= 0.3 is 5.97 Å². The lowest BCUT2D eigenvalue weighted by Gasteiger charge is -2.07. The Bertz CT molecular complexity index is 937. The maximum atomic E-state index is 12.4. The van der Waals surface area contributed by atoms with Gasteiger partial charge in [-0.25, -0.2) is 4.79 Å². The van der Waals surface area contributed by atoms with Crippen LogP contribution in [0, 0.1) is 6.92 Å². The van der Waals surface area contributed by atoms with Crippen LogP contribution in [0.3, 0.4) is 0 Å². The van der Waals surface area contributed by atoms with Gasteiger partial charge in [0.15, 0.2) is 5.65 Å². The van der Waals surface area contributed by atoms with Gasteiger partial charge in [0.25, 0.3) is 5.91 Å². The number of aromatic carboxylic acids is 1. The predicted octanol–water partition coefficient (Wildman–Crippen LogP) is 2.15. The molecule has 0 aliphatic heterocycles. The van der Waals surface area contributed by atoms with E-state index in [-0.39, 0.29) is 11.4 Å². The first-order valence-electron chi connectivity index (χ1n) is 6.47. The van der Waals surface area contributed by atoms with Crippen LogP contribution in [0.25, 0.3) is 5.65 Å². The van der Waals surface area contributed by atoms with Crippen molar-refractivity contribution < 1.29 is 14.7 Å². The number of halogens is 1. The Morgan fingerprint density at radius 1 is 1.30 bits per heavy atom. The van der Waals surface area contributed by atoms with Crippen molar-refractivity contribution in [2.75, 3.05) is 5.32 Å². The monoisotopic (exact) mass is 375 g/mol. The zero-order valence-electron chi connectivity index (χ0n) is 11.8. The van der Waals surface area contributed by atoms with Crippen molar-refractivity contribution in [2.45, 2.75) is 6.92 Å². The van der Waals surface area contributed by atoms with Crippen molar-refractivity contribution in [3.63, 3.8) is 0 Å². The smallest absolute Gasteiger partial charge is 0.337 e. The standard InChI is InChI=1S/C14H10BrN5O3/c1-7-10(4-8(6-16-7)14(22)23)17-13(21)12-19-18-11-5-9(15)2-3-20(11)12/h2-6H,1H3,(H,17,21)(H,22,23). The van der Waals surface area contributed by atoms with Gasteiger partial charge in [-0.15, -0.1) is 10.2 Å². The number of fused-ring (bicyclic) bond motifs is 1. The largest absolute Gasteiger partial charge is 0.478 e. The number of aryl methyl sites for hydroxylation is 1. The van der Waals surface area contributed by atoms with E-state index in [0.717, 1.165) is 4.47 Å². The summed E-state index contributed by atoms with van der Waals surface area (Å²) in [6.45, 7) is 1.67. The van der Waals surface area contributed by atoms with E-state index in [4.69, 9.17) is 5.11 Å². The van der Waals surface area contributed by atoms with Gasteiger partial charge in [-0.1, -0.05) is 15.9 Å². The van der Waals surface area contributed by atoms with E-state index in [9.17, 15) is 9.59 Å². The summed E-state index contributed by atoms with van der Waals surface area (Å²) < 4.78 is 2.35. The Kier molecular flexibility index (Phi) is 3.78. The van der Waals surface area contributed by atoms with Crippen molar-refractivity contribution in [2.24, 2.45) is 0 Å². The number of hydrogen-bond acceptors (Lipinski definition) is 5. The number of nitrogens with one attached hydrogen (secondary N) is 1. The SMILES string of the molecule is Cc1ncc(C(=O)O)cc1NC(=O)c1nnc2cc(Br)ccn12. The molecule has 3 aromatic rings. The number of aromatic nitrogens is 4. The number of carbonyl (C=O) groups is 2. The average molecular weight is 376 g/mol. The molecule has 0 aliphatic rings. The molecule has 9 heteroatoms. The molecule has 23 heavy (non-hydrogen) atoms. The highest BCUT2D eigenvalue weighted by atomic mass is 79.9. The van der Waals surface area contributed by atoms with Gasteiger partial charge in [0, 0.05) is 16.9 Å². The fraction of sp³-hybridized carbons (Fsp3) is 0.0714. The number of carboxylic acids is 1. The second-order valence-corrected chi connectivity index (χ2v) is 5.63. The Hall–Kier alpha value is -2.81. The molecule has 0 atom stereocenters. The molecule has 0 aliphatic carbocycles. The maximum absolute atomic E-state index is 12.4. The van der Waals surface area contributed by atoms with E-state index in [1.807, 2.05) is 0 Å². The summed E-state index contributed by atoms with van der Waals surface area (Å²) in [7, 11) is 0. The van der Waals surface area contributed by atoms with Crippen molar-refractivity contribution in [1.29, 1.82) is 0 Å². The molecule has 8 nitrogen and oxygen atoms in total. The van der Waals surface area contributed by atoms with Crippen molar-refractivity contribution in [1.82, 2.24) is 19.6 Å². The quantitative estimate of drug-likeness (QED) is 0.725. The molecule has 3 aromatic heterocycles. The van der Waals surface area contributed by atoms with Crippen LogP contribution in [0.4, 0.5) is 5.69 Å². The highest BCUT2D eigenvalue weighted by molar-refractivity contribution is 9.10. The topological polar surface area (TPSA) is 109 Å². The van der Waals surface area contributed by atoms with Crippen LogP contribution in [0.1, 0.15) is 26.7 Å². The summed E-state index contributed by atoms with van der Waals surface area (Å²) in [5.41, 5.74) is 1.31. The number of amides is 1. The van der Waals surface area contributed by atoms with Gasteiger partial charge in [-0.05, 0) is 25.1 Å². The molecule has 0 radical (unpaired) electrons. The van der Waals surface area contributed by atoms with Crippen LogP contribution in [0.15, 0.2) is 35.1 Å². The molecule has 0 aromatic carbocycles.